The fourth-order valence-corrected chi connectivity index (χ4v) is 12.4. The van der Waals surface area contributed by atoms with Gasteiger partial charge < -0.3 is 49.6 Å². The summed E-state index contributed by atoms with van der Waals surface area (Å²) >= 11 is 25.6. The molecule has 4 unspecified atom stereocenters. The van der Waals surface area contributed by atoms with Gasteiger partial charge in [0.15, 0.2) is 31.9 Å². The molecule has 4 aromatic carbocycles. The van der Waals surface area contributed by atoms with Crippen LogP contribution in [0.25, 0.3) is 0 Å². The third-order valence-electron chi connectivity index (χ3n) is 12.3. The maximum absolute atomic E-state index is 13.0. The topological polar surface area (TPSA) is 210 Å². The molecular weight excluding hydrogens is 1050 g/mol. The van der Waals surface area contributed by atoms with Crippen LogP contribution in [-0.4, -0.2) is 166 Å². The smallest absolute Gasteiger partial charge is 0.252 e. The third-order valence-corrected chi connectivity index (χ3v) is 17.1. The molecule has 4 atom stereocenters. The first-order valence-corrected chi connectivity index (χ1v) is 28.4. The molecule has 0 spiro atoms. The van der Waals surface area contributed by atoms with Crippen LogP contribution >= 0.6 is 46.4 Å². The van der Waals surface area contributed by atoms with Crippen molar-refractivity contribution in [3.63, 3.8) is 0 Å². The Kier molecular flexibility index (Phi) is 22.0. The van der Waals surface area contributed by atoms with Crippen LogP contribution < -0.4 is 10.6 Å². The Morgan fingerprint density at radius 2 is 0.917 bits per heavy atom. The second kappa shape index (κ2) is 27.4. The van der Waals surface area contributed by atoms with Crippen molar-refractivity contribution in [3.8, 4) is 0 Å². The molecule has 0 radical (unpaired) electrons. The lowest BCUT2D eigenvalue weighted by Crippen LogP contribution is -2.50. The largest absolute Gasteiger partial charge is 0.380 e. The molecule has 0 saturated heterocycles. The van der Waals surface area contributed by atoms with E-state index in [4.69, 9.17) is 65.4 Å². The molecule has 4 N–H and O–H groups in total. The highest BCUT2D eigenvalue weighted by Crippen LogP contribution is 2.40. The Balaban J connectivity index is 0.754. The summed E-state index contributed by atoms with van der Waals surface area (Å²) in [5, 5.41) is 27.5. The van der Waals surface area contributed by atoms with Crippen molar-refractivity contribution in [2.24, 2.45) is 0 Å². The first kappa shape index (κ1) is 57.8. The van der Waals surface area contributed by atoms with E-state index in [-0.39, 0.29) is 112 Å². The van der Waals surface area contributed by atoms with Crippen molar-refractivity contribution in [2.45, 2.75) is 59.8 Å². The number of carbonyl (C=O) groups is 2. The number of rotatable bonds is 27. The quantitative estimate of drug-likeness (QED) is 0.0544. The van der Waals surface area contributed by atoms with Gasteiger partial charge in [-0.2, -0.15) is 0 Å². The minimum Gasteiger partial charge on any atom is -0.380 e. The summed E-state index contributed by atoms with van der Waals surface area (Å²) in [5.41, 5.74) is 6.05. The molecule has 0 saturated carbocycles. The van der Waals surface area contributed by atoms with Crippen molar-refractivity contribution >= 4 is 77.9 Å². The molecule has 2 amide bonds. The summed E-state index contributed by atoms with van der Waals surface area (Å²) in [7, 11) is -3.07. The Hall–Kier alpha value is -3.44. The molecule has 2 heterocycles. The zero-order valence-corrected chi connectivity index (χ0v) is 44.8. The van der Waals surface area contributed by atoms with Crippen LogP contribution in [-0.2, 0) is 61.3 Å². The summed E-state index contributed by atoms with van der Waals surface area (Å²) in [6.07, 6.45) is -3.52. The summed E-state index contributed by atoms with van der Waals surface area (Å²) in [6, 6.07) is 21.2. The van der Waals surface area contributed by atoms with Crippen molar-refractivity contribution in [1.82, 2.24) is 20.4 Å². The summed E-state index contributed by atoms with van der Waals surface area (Å²) in [5.74, 6) is -2.16. The SMILES string of the molecule is CN1Cc2c(Cl)cc(Cl)cc2C(c2ccc(S(=O)(=O)CCCOCCOCCNC(=O)C(O)C(O)C(=O)NCCOCCOCCCS(=O)(=O)c3ccc(C4CN(C)Cc5c(Cl)cc(Cl)cc54)cc3)cc2)C1. The lowest BCUT2D eigenvalue weighted by atomic mass is 9.85. The van der Waals surface area contributed by atoms with Gasteiger partial charge in [0.25, 0.3) is 11.8 Å². The predicted octanol–water partition coefficient (Wildman–Crippen LogP) is 5.50. The van der Waals surface area contributed by atoms with E-state index in [1.807, 2.05) is 50.5 Å². The fraction of sp³-hybridized carbons (Fsp3) is 0.480. The molecule has 22 heteroatoms. The molecular formula is C50H62Cl4N4O12S2. The first-order valence-electron chi connectivity index (χ1n) is 23.5. The number of hydrogen-bond acceptors (Lipinski definition) is 14. The van der Waals surface area contributed by atoms with Gasteiger partial charge in [-0.25, -0.2) is 16.8 Å². The standard InChI is InChI=1S/C50H62Cl4N4O12S2/c1-57-29-41(39-25-35(51)27-45(53)43(39)31-57)33-5-9-37(10-6-33)71(63,64)23-3-15-67-19-21-69-17-13-55-49(61)47(59)48(60)50(62)56-14-18-70-22-20-68-16-4-24-72(65,66)38-11-7-34(8-12-38)42-30-58(2)32-44-40(42)26-36(52)28-46(44)54/h5-12,25-28,41-42,47-48,59-60H,3-4,13-24,29-32H2,1-2H3,(H,55,61)(H,56,62). The molecule has 0 aliphatic carbocycles. The Bertz CT molecular complexity index is 2500. The number of hydrogen-bond donors (Lipinski definition) is 4. The van der Waals surface area contributed by atoms with E-state index in [1.54, 1.807) is 36.4 Å². The highest BCUT2D eigenvalue weighted by Gasteiger charge is 2.31. The van der Waals surface area contributed by atoms with E-state index in [0.717, 1.165) is 46.5 Å². The second-order valence-corrected chi connectivity index (χ2v) is 23.7. The van der Waals surface area contributed by atoms with Gasteiger partial charge in [0.1, 0.15) is 0 Å². The molecule has 2 aliphatic heterocycles. The van der Waals surface area contributed by atoms with E-state index in [9.17, 15) is 36.6 Å². The lowest BCUT2D eigenvalue weighted by molar-refractivity contribution is -0.146. The average molecular weight is 1120 g/mol. The molecule has 0 aromatic heterocycles. The number of sulfone groups is 2. The van der Waals surface area contributed by atoms with Gasteiger partial charge in [-0.3, -0.25) is 9.59 Å². The second-order valence-electron chi connectivity index (χ2n) is 17.8. The van der Waals surface area contributed by atoms with Gasteiger partial charge in [0.2, 0.25) is 0 Å². The molecule has 2 aliphatic rings. The van der Waals surface area contributed by atoms with Gasteiger partial charge >= 0.3 is 0 Å². The number of nitrogens with zero attached hydrogens (tertiary/aromatic N) is 2. The number of likely N-dealkylation sites (N-methyl/N-ethyl adjacent to an activating group) is 2. The maximum atomic E-state index is 13.0. The van der Waals surface area contributed by atoms with Crippen LogP contribution in [0.15, 0.2) is 82.6 Å². The summed E-state index contributed by atoms with van der Waals surface area (Å²) in [6.45, 7) is 4.01. The molecule has 16 nitrogen and oxygen atoms in total. The summed E-state index contributed by atoms with van der Waals surface area (Å²) in [4.78, 5) is 29.4. The number of amides is 2. The number of fused-ring (bicyclic) bond motifs is 2. The maximum Gasteiger partial charge on any atom is 0.252 e. The number of ether oxygens (including phenoxy) is 4. The number of aliphatic hydroxyl groups excluding tert-OH is 2. The van der Waals surface area contributed by atoms with Crippen LogP contribution in [0.4, 0.5) is 0 Å². The van der Waals surface area contributed by atoms with Gasteiger partial charge in [-0.15, -0.1) is 0 Å². The number of benzene rings is 4. The predicted molar refractivity (Wildman–Crippen MR) is 277 cm³/mol. The highest BCUT2D eigenvalue weighted by atomic mass is 35.5. The molecule has 0 fully saturated rings. The van der Waals surface area contributed by atoms with Gasteiger partial charge in [-0.1, -0.05) is 70.7 Å². The minimum absolute atomic E-state index is 0.00666. The van der Waals surface area contributed by atoms with E-state index in [2.05, 4.69) is 20.4 Å². The van der Waals surface area contributed by atoms with Crippen LogP contribution in [0.3, 0.4) is 0 Å². The normalized spacial score (nSPS) is 17.2. The highest BCUT2D eigenvalue weighted by molar-refractivity contribution is 7.91. The zero-order chi connectivity index (χ0) is 52.0. The molecule has 72 heavy (non-hydrogen) atoms. The average Bonchev–Trinajstić information content (AvgIpc) is 3.34. The van der Waals surface area contributed by atoms with Gasteiger partial charge in [-0.05, 0) is 109 Å². The number of nitrogens with one attached hydrogen (secondary N) is 2. The van der Waals surface area contributed by atoms with Crippen molar-refractivity contribution in [3.05, 3.63) is 126 Å². The molecule has 0 bridgehead atoms. The lowest BCUT2D eigenvalue weighted by Gasteiger charge is -2.33. The Morgan fingerprint density at radius 1 is 0.569 bits per heavy atom. The molecule has 4 aromatic rings. The molecule has 6 rings (SSSR count). The summed E-state index contributed by atoms with van der Waals surface area (Å²) < 4.78 is 74.0. The fourth-order valence-electron chi connectivity index (χ4n) is 8.65. The first-order chi connectivity index (χ1) is 34.3. The van der Waals surface area contributed by atoms with Gasteiger partial charge in [0, 0.05) is 84.4 Å². The number of halogens is 4. The van der Waals surface area contributed by atoms with E-state index in [0.29, 0.717) is 33.2 Å². The molecule has 394 valence electrons. The monoisotopic (exact) mass is 1110 g/mol. The number of carbonyl (C=O) groups excluding carboxylic acids is 2. The zero-order valence-electron chi connectivity index (χ0n) is 40.2. The van der Waals surface area contributed by atoms with E-state index < -0.39 is 43.7 Å². The van der Waals surface area contributed by atoms with Crippen LogP contribution in [0.5, 0.6) is 0 Å². The number of aliphatic hydroxyl groups is 2. The van der Waals surface area contributed by atoms with Crippen LogP contribution in [0.2, 0.25) is 20.1 Å². The van der Waals surface area contributed by atoms with Crippen molar-refractivity contribution in [1.29, 1.82) is 0 Å². The van der Waals surface area contributed by atoms with Crippen molar-refractivity contribution < 1.29 is 55.6 Å². The Labute approximate surface area is 442 Å². The third kappa shape index (κ3) is 16.3. The van der Waals surface area contributed by atoms with Gasteiger partial charge in [0.05, 0.1) is 60.9 Å². The van der Waals surface area contributed by atoms with Crippen molar-refractivity contribution in [2.75, 3.05) is 105 Å². The Morgan fingerprint density at radius 3 is 1.28 bits per heavy atom. The minimum atomic E-state index is -3.55. The van der Waals surface area contributed by atoms with E-state index in [1.165, 1.54) is 0 Å². The van der Waals surface area contributed by atoms with E-state index >= 15 is 0 Å². The van der Waals surface area contributed by atoms with Crippen LogP contribution in [0.1, 0.15) is 58.1 Å². The van der Waals surface area contributed by atoms with Crippen LogP contribution in [0, 0.1) is 0 Å².